The molecule has 4 rings (SSSR count). The fraction of sp³-hybridized carbons (Fsp3) is 0.375. The number of amides is 1. The van der Waals surface area contributed by atoms with E-state index >= 15 is 0 Å². The number of nitrogens with zero attached hydrogens (tertiary/aromatic N) is 2. The molecule has 2 aromatic carbocycles. The van der Waals surface area contributed by atoms with E-state index in [1.165, 1.54) is 9.87 Å². The van der Waals surface area contributed by atoms with Gasteiger partial charge in [0.2, 0.25) is 15.9 Å². The van der Waals surface area contributed by atoms with Crippen molar-refractivity contribution in [1.82, 2.24) is 14.2 Å². The van der Waals surface area contributed by atoms with Gasteiger partial charge in [-0.1, -0.05) is 30.3 Å². The van der Waals surface area contributed by atoms with Crippen molar-refractivity contribution in [2.75, 3.05) is 19.6 Å². The fourth-order valence-electron chi connectivity index (χ4n) is 4.26. The van der Waals surface area contributed by atoms with Gasteiger partial charge in [0.25, 0.3) is 0 Å². The summed E-state index contributed by atoms with van der Waals surface area (Å²) in [5.41, 5.74) is 2.19. The molecule has 1 aliphatic rings. The average Bonchev–Trinajstić information content (AvgIpc) is 3.22. The lowest BCUT2D eigenvalue weighted by molar-refractivity contribution is -0.126. The van der Waals surface area contributed by atoms with Crippen LogP contribution < -0.4 is 5.32 Å². The predicted molar refractivity (Wildman–Crippen MR) is 122 cm³/mol. The van der Waals surface area contributed by atoms with Crippen LogP contribution in [0.15, 0.2) is 65.7 Å². The molecule has 3 aromatic rings. The Bertz CT molecular complexity index is 1160. The van der Waals surface area contributed by atoms with Crippen LogP contribution in [0.1, 0.15) is 25.3 Å². The van der Waals surface area contributed by atoms with E-state index in [1.807, 2.05) is 48.7 Å². The number of piperidine rings is 1. The number of hydrogen-bond donors (Lipinski definition) is 1. The number of carbonyl (C=O) groups is 1. The molecule has 0 saturated carbocycles. The van der Waals surface area contributed by atoms with Gasteiger partial charge >= 0.3 is 0 Å². The zero-order valence-electron chi connectivity index (χ0n) is 17.8. The number of sulfonamides is 1. The van der Waals surface area contributed by atoms with Crippen molar-refractivity contribution in [3.63, 3.8) is 0 Å². The summed E-state index contributed by atoms with van der Waals surface area (Å²) >= 11 is 0. The number of rotatable bonds is 7. The van der Waals surface area contributed by atoms with Crippen molar-refractivity contribution < 1.29 is 13.2 Å². The van der Waals surface area contributed by atoms with Gasteiger partial charge in [0.05, 0.1) is 10.8 Å². The molecule has 1 atom stereocenters. The number of hydrogen-bond acceptors (Lipinski definition) is 3. The van der Waals surface area contributed by atoms with Crippen LogP contribution in [-0.4, -0.2) is 42.8 Å². The fourth-order valence-corrected chi connectivity index (χ4v) is 5.82. The molecule has 0 bridgehead atoms. The molecule has 0 aliphatic carbocycles. The minimum atomic E-state index is -3.64. The molecule has 6 nitrogen and oxygen atoms in total. The third-order valence-corrected chi connectivity index (χ3v) is 7.89. The van der Waals surface area contributed by atoms with Crippen molar-refractivity contribution >= 4 is 26.8 Å². The summed E-state index contributed by atoms with van der Waals surface area (Å²) in [5.74, 6) is -0.379. The van der Waals surface area contributed by atoms with Crippen molar-refractivity contribution in [3.8, 4) is 0 Å². The average molecular weight is 440 g/mol. The SMILES string of the molecule is CCn1ccc2cc(S(=O)(=O)N3CCC[C@@H](C(=O)NCCc4ccccc4)C3)ccc21. The number of benzene rings is 2. The molecule has 1 fully saturated rings. The summed E-state index contributed by atoms with van der Waals surface area (Å²) in [6, 6.07) is 17.2. The smallest absolute Gasteiger partial charge is 0.243 e. The van der Waals surface area contributed by atoms with Gasteiger partial charge in [-0.05, 0) is 56.0 Å². The number of fused-ring (bicyclic) bond motifs is 1. The van der Waals surface area contributed by atoms with E-state index in [2.05, 4.69) is 16.8 Å². The highest BCUT2D eigenvalue weighted by Gasteiger charge is 2.33. The highest BCUT2D eigenvalue weighted by Crippen LogP contribution is 2.27. The standard InChI is InChI=1S/C24H29N3O3S/c1-2-26-16-13-20-17-22(10-11-23(20)26)31(29,30)27-15-6-9-21(18-27)24(28)25-14-12-19-7-4-3-5-8-19/h3-5,7-8,10-11,13,16-17,21H,2,6,9,12,14-15,18H2,1H3,(H,25,28)/t21-/m1/s1. The van der Waals surface area contributed by atoms with Crippen LogP contribution in [0.2, 0.25) is 0 Å². The van der Waals surface area contributed by atoms with Crippen LogP contribution in [0.5, 0.6) is 0 Å². The van der Waals surface area contributed by atoms with Gasteiger partial charge in [-0.2, -0.15) is 4.31 Å². The van der Waals surface area contributed by atoms with Crippen LogP contribution in [0.25, 0.3) is 10.9 Å². The second kappa shape index (κ2) is 9.24. The van der Waals surface area contributed by atoms with E-state index in [4.69, 9.17) is 0 Å². The van der Waals surface area contributed by atoms with Crippen LogP contribution in [0.3, 0.4) is 0 Å². The maximum atomic E-state index is 13.3. The Labute approximate surface area is 183 Å². The zero-order valence-corrected chi connectivity index (χ0v) is 18.6. The maximum Gasteiger partial charge on any atom is 0.243 e. The summed E-state index contributed by atoms with van der Waals surface area (Å²) in [5, 5.41) is 3.89. The van der Waals surface area contributed by atoms with Gasteiger partial charge < -0.3 is 9.88 Å². The van der Waals surface area contributed by atoms with Crippen molar-refractivity contribution in [2.45, 2.75) is 37.6 Å². The Morgan fingerprint density at radius 2 is 1.94 bits per heavy atom. The summed E-state index contributed by atoms with van der Waals surface area (Å²) in [4.78, 5) is 13.0. The Morgan fingerprint density at radius 3 is 2.71 bits per heavy atom. The predicted octanol–water partition coefficient (Wildman–Crippen LogP) is 3.42. The van der Waals surface area contributed by atoms with E-state index < -0.39 is 10.0 Å². The third-order valence-electron chi connectivity index (χ3n) is 6.03. The van der Waals surface area contributed by atoms with Gasteiger partial charge in [-0.15, -0.1) is 0 Å². The second-order valence-corrected chi connectivity index (χ2v) is 9.99. The van der Waals surface area contributed by atoms with Crippen LogP contribution in [0, 0.1) is 5.92 Å². The van der Waals surface area contributed by atoms with Crippen molar-refractivity contribution in [2.24, 2.45) is 5.92 Å². The summed E-state index contributed by atoms with van der Waals surface area (Å²) in [7, 11) is -3.64. The van der Waals surface area contributed by atoms with E-state index in [0.29, 0.717) is 30.8 Å². The monoisotopic (exact) mass is 439 g/mol. The summed E-state index contributed by atoms with van der Waals surface area (Å²) in [6.07, 6.45) is 4.13. The minimum Gasteiger partial charge on any atom is -0.355 e. The molecule has 2 heterocycles. The molecule has 1 aliphatic heterocycles. The summed E-state index contributed by atoms with van der Waals surface area (Å²) < 4.78 is 30.1. The zero-order chi connectivity index (χ0) is 21.8. The quantitative estimate of drug-likeness (QED) is 0.613. The highest BCUT2D eigenvalue weighted by atomic mass is 32.2. The lowest BCUT2D eigenvalue weighted by Gasteiger charge is -2.31. The molecule has 1 saturated heterocycles. The number of aryl methyl sites for hydroxylation is 1. The molecular formula is C24H29N3O3S. The first-order chi connectivity index (χ1) is 15.0. The Morgan fingerprint density at radius 1 is 1.13 bits per heavy atom. The lowest BCUT2D eigenvalue weighted by atomic mass is 9.99. The minimum absolute atomic E-state index is 0.0636. The first kappa shape index (κ1) is 21.6. The lowest BCUT2D eigenvalue weighted by Crippen LogP contribution is -2.45. The van der Waals surface area contributed by atoms with Crippen LogP contribution >= 0.6 is 0 Å². The molecular weight excluding hydrogens is 410 g/mol. The van der Waals surface area contributed by atoms with E-state index in [-0.39, 0.29) is 18.4 Å². The van der Waals surface area contributed by atoms with Crippen molar-refractivity contribution in [3.05, 3.63) is 66.4 Å². The largest absolute Gasteiger partial charge is 0.355 e. The van der Waals surface area contributed by atoms with Gasteiger partial charge in [0.1, 0.15) is 0 Å². The molecule has 1 aromatic heterocycles. The van der Waals surface area contributed by atoms with Gasteiger partial charge in [0.15, 0.2) is 0 Å². The molecule has 7 heteroatoms. The van der Waals surface area contributed by atoms with Gasteiger partial charge in [0, 0.05) is 43.3 Å². The maximum absolute atomic E-state index is 13.3. The van der Waals surface area contributed by atoms with E-state index in [0.717, 1.165) is 23.9 Å². The van der Waals surface area contributed by atoms with Gasteiger partial charge in [-0.25, -0.2) is 8.42 Å². The molecule has 0 spiro atoms. The molecule has 1 amide bonds. The molecule has 0 unspecified atom stereocenters. The number of aromatic nitrogens is 1. The Hall–Kier alpha value is -2.64. The molecule has 31 heavy (non-hydrogen) atoms. The van der Waals surface area contributed by atoms with E-state index in [9.17, 15) is 13.2 Å². The van der Waals surface area contributed by atoms with E-state index in [1.54, 1.807) is 12.1 Å². The van der Waals surface area contributed by atoms with Gasteiger partial charge in [-0.3, -0.25) is 4.79 Å². The Kier molecular flexibility index (Phi) is 6.43. The topological polar surface area (TPSA) is 71.4 Å². The normalized spacial score (nSPS) is 17.6. The highest BCUT2D eigenvalue weighted by molar-refractivity contribution is 7.89. The molecule has 1 N–H and O–H groups in total. The van der Waals surface area contributed by atoms with Crippen LogP contribution in [0.4, 0.5) is 0 Å². The first-order valence-electron chi connectivity index (χ1n) is 10.9. The number of nitrogens with one attached hydrogen (secondary N) is 1. The second-order valence-electron chi connectivity index (χ2n) is 8.05. The summed E-state index contributed by atoms with van der Waals surface area (Å²) in [6.45, 7) is 4.13. The van der Waals surface area contributed by atoms with Crippen molar-refractivity contribution in [1.29, 1.82) is 0 Å². The Balaban J connectivity index is 1.41. The third kappa shape index (κ3) is 4.67. The molecule has 164 valence electrons. The first-order valence-corrected chi connectivity index (χ1v) is 12.3. The number of carbonyl (C=O) groups excluding carboxylic acids is 1. The van der Waals surface area contributed by atoms with Crippen LogP contribution in [-0.2, 0) is 27.8 Å². The molecule has 0 radical (unpaired) electrons.